The average molecular weight is 631 g/mol. The summed E-state index contributed by atoms with van der Waals surface area (Å²) in [5.74, 6) is 0.330. The highest BCUT2D eigenvalue weighted by molar-refractivity contribution is 14.1. The van der Waals surface area contributed by atoms with Crippen molar-refractivity contribution in [1.29, 1.82) is 0 Å². The number of rotatable bonds is 4. The van der Waals surface area contributed by atoms with Crippen molar-refractivity contribution < 1.29 is 9.53 Å². The summed E-state index contributed by atoms with van der Waals surface area (Å²) in [5, 5.41) is 1.36. The third-order valence-electron chi connectivity index (χ3n) is 3.35. The van der Waals surface area contributed by atoms with Crippen LogP contribution in [0.3, 0.4) is 0 Å². The van der Waals surface area contributed by atoms with Gasteiger partial charge in [0, 0.05) is 24.7 Å². The van der Waals surface area contributed by atoms with Gasteiger partial charge in [-0.25, -0.2) is 0 Å². The van der Waals surface area contributed by atoms with Crippen molar-refractivity contribution >= 4 is 97.3 Å². The lowest BCUT2D eigenvalue weighted by Crippen LogP contribution is -2.01. The third-order valence-corrected chi connectivity index (χ3v) is 6.17. The molecule has 0 fully saturated rings. The van der Waals surface area contributed by atoms with Gasteiger partial charge in [0.2, 0.25) is 0 Å². The largest absolute Gasteiger partial charge is 0.487 e. The Morgan fingerprint density at radius 3 is 2.65 bits per heavy atom. The van der Waals surface area contributed by atoms with Crippen LogP contribution in [-0.2, 0) is 11.4 Å². The fourth-order valence-electron chi connectivity index (χ4n) is 2.20. The zero-order valence-electron chi connectivity index (χ0n) is 12.9. The lowest BCUT2D eigenvalue weighted by atomic mass is 10.2. The van der Waals surface area contributed by atoms with Gasteiger partial charge in [0.1, 0.15) is 12.4 Å². The predicted octanol–water partition coefficient (Wildman–Crippen LogP) is 5.71. The van der Waals surface area contributed by atoms with Crippen molar-refractivity contribution in [1.82, 2.24) is 0 Å². The number of carbonyl (C=O) groups excluding carboxylic acids is 1. The van der Waals surface area contributed by atoms with E-state index in [9.17, 15) is 4.79 Å². The molecule has 0 aromatic heterocycles. The quantitative estimate of drug-likeness (QED) is 0.347. The summed E-state index contributed by atoms with van der Waals surface area (Å²) in [6.07, 6.45) is 1.75. The third kappa shape index (κ3) is 4.86. The number of nitrogens with two attached hydrogens (primary N) is 1. The zero-order chi connectivity index (χ0) is 18.8. The van der Waals surface area contributed by atoms with Gasteiger partial charge < -0.3 is 10.5 Å². The van der Waals surface area contributed by atoms with E-state index < -0.39 is 0 Å². The molecule has 0 unspecified atom stereocenters. The Labute approximate surface area is 191 Å². The minimum atomic E-state index is -0.340. The molecule has 0 aliphatic carbocycles. The standard InChI is InChI=1S/C17H10Cl2I2N2O2S/c18-10-2-1-8(12(19)5-10)7-25-15-9(3-11(20)6-13(15)21)4-14-16(24)23-17(22)26-14/h1-6H,7H2,(H2,22,23,24)/b14-4+. The molecule has 1 heterocycles. The van der Waals surface area contributed by atoms with Crippen LogP contribution in [0.2, 0.25) is 10.0 Å². The number of thioether (sulfide) groups is 1. The molecule has 3 rings (SSSR count). The van der Waals surface area contributed by atoms with Crippen LogP contribution in [-0.4, -0.2) is 11.1 Å². The number of nitrogens with zero attached hydrogens (tertiary/aromatic N) is 1. The first-order valence-electron chi connectivity index (χ1n) is 7.17. The zero-order valence-corrected chi connectivity index (χ0v) is 19.6. The fourth-order valence-corrected chi connectivity index (χ4v) is 5.38. The van der Waals surface area contributed by atoms with Crippen LogP contribution in [0.15, 0.2) is 40.2 Å². The monoisotopic (exact) mass is 630 g/mol. The van der Waals surface area contributed by atoms with E-state index in [-0.39, 0.29) is 17.7 Å². The minimum absolute atomic E-state index is 0.247. The fraction of sp³-hybridized carbons (Fsp3) is 0.0588. The van der Waals surface area contributed by atoms with Crippen LogP contribution in [0, 0.1) is 7.14 Å². The molecule has 0 saturated carbocycles. The van der Waals surface area contributed by atoms with E-state index in [1.54, 1.807) is 18.2 Å². The van der Waals surface area contributed by atoms with Crippen molar-refractivity contribution in [3.05, 3.63) is 63.5 Å². The Balaban J connectivity index is 1.91. The van der Waals surface area contributed by atoms with Gasteiger partial charge >= 0.3 is 0 Å². The first-order valence-corrected chi connectivity index (χ1v) is 10.9. The summed E-state index contributed by atoms with van der Waals surface area (Å²) in [6, 6.07) is 9.21. The summed E-state index contributed by atoms with van der Waals surface area (Å²) in [4.78, 5) is 16.1. The summed E-state index contributed by atoms with van der Waals surface area (Å²) in [6.45, 7) is 0.280. The summed E-state index contributed by atoms with van der Waals surface area (Å²) < 4.78 is 7.98. The molecule has 4 nitrogen and oxygen atoms in total. The number of amides is 1. The molecule has 0 bridgehead atoms. The maximum Gasteiger partial charge on any atom is 0.286 e. The Kier molecular flexibility index (Phi) is 6.76. The number of hydrogen-bond donors (Lipinski definition) is 1. The first-order chi connectivity index (χ1) is 12.3. The van der Waals surface area contributed by atoms with Crippen LogP contribution in [0.4, 0.5) is 0 Å². The maximum atomic E-state index is 11.9. The van der Waals surface area contributed by atoms with E-state index in [0.717, 1.165) is 30.0 Å². The van der Waals surface area contributed by atoms with E-state index in [4.69, 9.17) is 33.7 Å². The normalized spacial score (nSPS) is 15.5. The number of hydrogen-bond acceptors (Lipinski definition) is 4. The number of amidine groups is 1. The van der Waals surface area contributed by atoms with Crippen LogP contribution in [0.25, 0.3) is 6.08 Å². The highest BCUT2D eigenvalue weighted by Crippen LogP contribution is 2.34. The molecule has 0 atom stereocenters. The maximum absolute atomic E-state index is 11.9. The van der Waals surface area contributed by atoms with Gasteiger partial charge in [-0.3, -0.25) is 4.79 Å². The van der Waals surface area contributed by atoms with Gasteiger partial charge in [0.15, 0.2) is 5.17 Å². The number of halogens is 4. The molecule has 1 aliphatic heterocycles. The molecule has 134 valence electrons. The highest BCUT2D eigenvalue weighted by Gasteiger charge is 2.21. The SMILES string of the molecule is NC1=NC(=O)/C(=C\c2cc(I)cc(I)c2OCc2ccc(Cl)cc2Cl)S1. The van der Waals surface area contributed by atoms with E-state index in [1.807, 2.05) is 18.2 Å². The van der Waals surface area contributed by atoms with E-state index in [1.165, 1.54) is 0 Å². The Hall–Kier alpha value is -0.490. The number of benzene rings is 2. The molecule has 0 radical (unpaired) electrons. The average Bonchev–Trinajstić information content (AvgIpc) is 2.85. The Morgan fingerprint density at radius 1 is 1.23 bits per heavy atom. The van der Waals surface area contributed by atoms with E-state index >= 15 is 0 Å². The second-order valence-electron chi connectivity index (χ2n) is 5.20. The van der Waals surface area contributed by atoms with Gasteiger partial charge in [-0.2, -0.15) is 4.99 Å². The van der Waals surface area contributed by atoms with Crippen molar-refractivity contribution in [2.75, 3.05) is 0 Å². The molecule has 1 amide bonds. The van der Waals surface area contributed by atoms with Gasteiger partial charge in [-0.15, -0.1) is 0 Å². The molecule has 2 aromatic carbocycles. The molecule has 0 spiro atoms. The van der Waals surface area contributed by atoms with Crippen LogP contribution in [0.5, 0.6) is 5.75 Å². The molecular weight excluding hydrogens is 621 g/mol. The van der Waals surface area contributed by atoms with Crippen molar-refractivity contribution in [2.45, 2.75) is 6.61 Å². The molecule has 2 aromatic rings. The van der Waals surface area contributed by atoms with E-state index in [0.29, 0.717) is 20.7 Å². The number of aliphatic imine (C=N–C) groups is 1. The number of ether oxygens (including phenoxy) is 1. The topological polar surface area (TPSA) is 64.7 Å². The second kappa shape index (κ2) is 8.68. The Bertz CT molecular complexity index is 964. The Morgan fingerprint density at radius 2 is 2.00 bits per heavy atom. The van der Waals surface area contributed by atoms with Gasteiger partial charge in [0.25, 0.3) is 5.91 Å². The summed E-state index contributed by atoms with van der Waals surface area (Å²) in [7, 11) is 0. The van der Waals surface area contributed by atoms with E-state index in [2.05, 4.69) is 50.2 Å². The molecule has 2 N–H and O–H groups in total. The van der Waals surface area contributed by atoms with Crippen molar-refractivity contribution in [3.8, 4) is 5.75 Å². The second-order valence-corrected chi connectivity index (χ2v) is 9.51. The molecule has 0 saturated heterocycles. The molecule has 1 aliphatic rings. The number of carbonyl (C=O) groups is 1. The van der Waals surface area contributed by atoms with Crippen LogP contribution in [0.1, 0.15) is 11.1 Å². The van der Waals surface area contributed by atoms with Gasteiger partial charge in [0.05, 0.1) is 8.48 Å². The summed E-state index contributed by atoms with van der Waals surface area (Å²) >= 11 is 17.7. The lowest BCUT2D eigenvalue weighted by Gasteiger charge is -2.13. The molecule has 26 heavy (non-hydrogen) atoms. The van der Waals surface area contributed by atoms with Gasteiger partial charge in [-0.1, -0.05) is 29.3 Å². The summed E-state index contributed by atoms with van der Waals surface area (Å²) in [5.41, 5.74) is 7.23. The first kappa shape index (κ1) is 20.2. The predicted molar refractivity (Wildman–Crippen MR) is 125 cm³/mol. The van der Waals surface area contributed by atoms with Crippen molar-refractivity contribution in [2.24, 2.45) is 10.7 Å². The van der Waals surface area contributed by atoms with Gasteiger partial charge in [-0.05, 0) is 87.3 Å². The molecule has 9 heteroatoms. The van der Waals surface area contributed by atoms with Crippen LogP contribution < -0.4 is 10.5 Å². The molecular formula is C17H10Cl2I2N2O2S. The van der Waals surface area contributed by atoms with Crippen molar-refractivity contribution in [3.63, 3.8) is 0 Å². The minimum Gasteiger partial charge on any atom is -0.487 e. The highest BCUT2D eigenvalue weighted by atomic mass is 127. The van der Waals surface area contributed by atoms with Crippen LogP contribution >= 0.6 is 80.1 Å². The smallest absolute Gasteiger partial charge is 0.286 e. The lowest BCUT2D eigenvalue weighted by molar-refractivity contribution is -0.113.